The van der Waals surface area contributed by atoms with Crippen LogP contribution in [0.2, 0.25) is 0 Å². The Balaban J connectivity index is 2.75. The fourth-order valence-corrected chi connectivity index (χ4v) is 1.43. The monoisotopic (exact) mass is 167 g/mol. The lowest BCUT2D eigenvalue weighted by Crippen LogP contribution is -2.07. The zero-order valence-corrected chi connectivity index (χ0v) is 7.35. The molecule has 4 heteroatoms. The summed E-state index contributed by atoms with van der Waals surface area (Å²) < 4.78 is 0. The summed E-state index contributed by atoms with van der Waals surface area (Å²) in [6, 6.07) is 2.09. The Morgan fingerprint density at radius 2 is 2.45 bits per heavy atom. The van der Waals surface area contributed by atoms with E-state index in [0.717, 1.165) is 10.0 Å². The van der Waals surface area contributed by atoms with Gasteiger partial charge in [-0.25, -0.2) is 4.98 Å². The van der Waals surface area contributed by atoms with Crippen LogP contribution in [0.1, 0.15) is 4.88 Å². The topological polar surface area (TPSA) is 39.9 Å². The normalized spacial score (nSPS) is 9.18. The van der Waals surface area contributed by atoms with E-state index in [1.54, 1.807) is 17.5 Å². The van der Waals surface area contributed by atoms with E-state index in [-0.39, 0.29) is 0 Å². The predicted molar refractivity (Wildman–Crippen MR) is 45.8 cm³/mol. The van der Waals surface area contributed by atoms with Crippen LogP contribution in [0.5, 0.6) is 0 Å². The highest BCUT2D eigenvalue weighted by Crippen LogP contribution is 2.20. The first-order valence-electron chi connectivity index (χ1n) is 3.23. The molecule has 0 unspecified atom stereocenters. The Hall–Kier alpha value is -1.08. The molecular formula is C7H9N3S. The molecule has 58 valence electrons. The van der Waals surface area contributed by atoms with Gasteiger partial charge in [0.25, 0.3) is 0 Å². The molecule has 0 amide bonds. The number of nitrogens with zero attached hydrogens (tertiary/aromatic N) is 3. The van der Waals surface area contributed by atoms with Crippen molar-refractivity contribution in [1.82, 2.24) is 4.98 Å². The summed E-state index contributed by atoms with van der Waals surface area (Å²) >= 11 is 1.56. The highest BCUT2D eigenvalue weighted by Gasteiger charge is 2.01. The minimum absolute atomic E-state index is 0.464. The number of thiazole rings is 1. The Labute approximate surface area is 69.9 Å². The van der Waals surface area contributed by atoms with Crippen molar-refractivity contribution in [2.45, 2.75) is 6.42 Å². The minimum atomic E-state index is 0.464. The molecule has 3 nitrogen and oxygen atoms in total. The third kappa shape index (κ3) is 1.92. The quantitative estimate of drug-likeness (QED) is 0.666. The van der Waals surface area contributed by atoms with Gasteiger partial charge in [0, 0.05) is 25.2 Å². The van der Waals surface area contributed by atoms with Gasteiger partial charge in [0.05, 0.1) is 12.5 Å². The van der Waals surface area contributed by atoms with E-state index in [9.17, 15) is 0 Å². The van der Waals surface area contributed by atoms with Crippen LogP contribution in [0.3, 0.4) is 0 Å². The van der Waals surface area contributed by atoms with E-state index in [1.165, 1.54) is 0 Å². The molecule has 0 atom stereocenters. The summed E-state index contributed by atoms with van der Waals surface area (Å²) in [7, 11) is 3.88. The van der Waals surface area contributed by atoms with Crippen LogP contribution in [0.4, 0.5) is 5.13 Å². The molecule has 0 radical (unpaired) electrons. The molecule has 0 fully saturated rings. The molecule has 0 spiro atoms. The summed E-state index contributed by atoms with van der Waals surface area (Å²) in [4.78, 5) is 7.09. The van der Waals surface area contributed by atoms with Gasteiger partial charge in [-0.2, -0.15) is 5.26 Å². The lowest BCUT2D eigenvalue weighted by atomic mass is 10.4. The summed E-state index contributed by atoms with van der Waals surface area (Å²) in [5.74, 6) is 0. The molecule has 0 saturated heterocycles. The summed E-state index contributed by atoms with van der Waals surface area (Å²) in [5.41, 5.74) is 0. The maximum atomic E-state index is 8.38. The van der Waals surface area contributed by atoms with Crippen LogP contribution in [-0.2, 0) is 6.42 Å². The van der Waals surface area contributed by atoms with Crippen molar-refractivity contribution in [2.24, 2.45) is 0 Å². The predicted octanol–water partition coefficient (Wildman–Crippen LogP) is 1.28. The summed E-state index contributed by atoms with van der Waals surface area (Å²) in [5, 5.41) is 9.34. The molecule has 0 aliphatic rings. The first-order chi connectivity index (χ1) is 5.24. The molecule has 1 rings (SSSR count). The second kappa shape index (κ2) is 3.35. The lowest BCUT2D eigenvalue weighted by Gasteiger charge is -2.04. The summed E-state index contributed by atoms with van der Waals surface area (Å²) in [6.45, 7) is 0. The van der Waals surface area contributed by atoms with E-state index in [0.29, 0.717) is 6.42 Å². The minimum Gasteiger partial charge on any atom is -0.354 e. The number of hydrogen-bond donors (Lipinski definition) is 0. The van der Waals surface area contributed by atoms with Gasteiger partial charge in [0.2, 0.25) is 0 Å². The zero-order chi connectivity index (χ0) is 8.27. The average Bonchev–Trinajstić information content (AvgIpc) is 2.37. The van der Waals surface area contributed by atoms with Gasteiger partial charge in [0.1, 0.15) is 0 Å². The van der Waals surface area contributed by atoms with Crippen LogP contribution >= 0.6 is 11.3 Å². The molecule has 0 aromatic carbocycles. The van der Waals surface area contributed by atoms with E-state index in [1.807, 2.05) is 19.0 Å². The number of rotatable bonds is 2. The van der Waals surface area contributed by atoms with Gasteiger partial charge in [-0.15, -0.1) is 11.3 Å². The highest BCUT2D eigenvalue weighted by atomic mass is 32.1. The maximum Gasteiger partial charge on any atom is 0.185 e. The SMILES string of the molecule is CN(C)c1ncc(CC#N)s1. The van der Waals surface area contributed by atoms with E-state index >= 15 is 0 Å². The van der Waals surface area contributed by atoms with Crippen molar-refractivity contribution in [1.29, 1.82) is 5.26 Å². The smallest absolute Gasteiger partial charge is 0.185 e. The first kappa shape index (κ1) is 8.02. The highest BCUT2D eigenvalue weighted by molar-refractivity contribution is 7.15. The Morgan fingerprint density at radius 1 is 1.73 bits per heavy atom. The second-order valence-electron chi connectivity index (χ2n) is 2.34. The average molecular weight is 167 g/mol. The molecule has 0 saturated carbocycles. The standard InChI is InChI=1S/C7H9N3S/c1-10(2)7-9-5-6(11-7)3-4-8/h5H,3H2,1-2H3. The Morgan fingerprint density at radius 3 is 2.91 bits per heavy atom. The molecule has 1 aromatic heterocycles. The van der Waals surface area contributed by atoms with Gasteiger partial charge < -0.3 is 4.90 Å². The van der Waals surface area contributed by atoms with E-state index in [2.05, 4.69) is 11.1 Å². The van der Waals surface area contributed by atoms with Gasteiger partial charge in [-0.05, 0) is 0 Å². The molecule has 0 aliphatic heterocycles. The van der Waals surface area contributed by atoms with Crippen LogP contribution in [0, 0.1) is 11.3 Å². The number of aromatic nitrogens is 1. The largest absolute Gasteiger partial charge is 0.354 e. The van der Waals surface area contributed by atoms with Crippen LogP contribution < -0.4 is 4.90 Å². The number of hydrogen-bond acceptors (Lipinski definition) is 4. The molecule has 0 bridgehead atoms. The van der Waals surface area contributed by atoms with Crippen molar-refractivity contribution >= 4 is 16.5 Å². The Kier molecular flexibility index (Phi) is 2.44. The zero-order valence-electron chi connectivity index (χ0n) is 6.53. The molecule has 0 N–H and O–H groups in total. The molecule has 1 aromatic rings. The molecular weight excluding hydrogens is 158 g/mol. The van der Waals surface area contributed by atoms with Crippen molar-refractivity contribution in [3.8, 4) is 6.07 Å². The first-order valence-corrected chi connectivity index (χ1v) is 4.04. The van der Waals surface area contributed by atoms with E-state index < -0.39 is 0 Å². The number of anilines is 1. The van der Waals surface area contributed by atoms with Crippen molar-refractivity contribution in [3.63, 3.8) is 0 Å². The lowest BCUT2D eigenvalue weighted by molar-refractivity contribution is 1.10. The van der Waals surface area contributed by atoms with E-state index in [4.69, 9.17) is 5.26 Å². The van der Waals surface area contributed by atoms with Crippen LogP contribution in [0.15, 0.2) is 6.20 Å². The Bertz CT molecular complexity index is 271. The third-order valence-electron chi connectivity index (χ3n) is 1.18. The van der Waals surface area contributed by atoms with Gasteiger partial charge in [-0.1, -0.05) is 0 Å². The fourth-order valence-electron chi connectivity index (χ4n) is 0.664. The number of nitriles is 1. The molecule has 0 aliphatic carbocycles. The maximum absolute atomic E-state index is 8.38. The van der Waals surface area contributed by atoms with Gasteiger partial charge in [-0.3, -0.25) is 0 Å². The van der Waals surface area contributed by atoms with Crippen LogP contribution in [0.25, 0.3) is 0 Å². The second-order valence-corrected chi connectivity index (χ2v) is 3.43. The van der Waals surface area contributed by atoms with Crippen LogP contribution in [-0.4, -0.2) is 19.1 Å². The third-order valence-corrected chi connectivity index (χ3v) is 2.34. The van der Waals surface area contributed by atoms with Crippen molar-refractivity contribution < 1.29 is 0 Å². The van der Waals surface area contributed by atoms with Gasteiger partial charge in [0.15, 0.2) is 5.13 Å². The molecule has 1 heterocycles. The fraction of sp³-hybridized carbons (Fsp3) is 0.429. The van der Waals surface area contributed by atoms with Crippen molar-refractivity contribution in [2.75, 3.05) is 19.0 Å². The van der Waals surface area contributed by atoms with Gasteiger partial charge >= 0.3 is 0 Å². The van der Waals surface area contributed by atoms with Crippen molar-refractivity contribution in [3.05, 3.63) is 11.1 Å². The molecule has 11 heavy (non-hydrogen) atoms. The summed E-state index contributed by atoms with van der Waals surface area (Å²) in [6.07, 6.45) is 2.22.